The largest absolute Gasteiger partial charge is 0.279 e. The number of aromatic nitrogens is 2. The molecule has 64 valence electrons. The van der Waals surface area contributed by atoms with Crippen molar-refractivity contribution < 1.29 is 0 Å². The molecule has 1 aromatic heterocycles. The molecule has 5 heteroatoms. The van der Waals surface area contributed by atoms with Gasteiger partial charge < -0.3 is 0 Å². The Kier molecular flexibility index (Phi) is 3.22. The zero-order valence-electron chi connectivity index (χ0n) is 6.10. The highest BCUT2D eigenvalue weighted by atomic mass is 79.9. The molecule has 1 rings (SSSR count). The summed E-state index contributed by atoms with van der Waals surface area (Å²) in [5.41, 5.74) is 0.520. The number of aromatic amines is 1. The van der Waals surface area contributed by atoms with Crippen molar-refractivity contribution in [2.24, 2.45) is 0 Å². The molecule has 0 bridgehead atoms. The van der Waals surface area contributed by atoms with Crippen LogP contribution in [0.25, 0.3) is 0 Å². The van der Waals surface area contributed by atoms with Gasteiger partial charge in [-0.3, -0.25) is 4.79 Å². The van der Waals surface area contributed by atoms with Crippen LogP contribution >= 0.6 is 31.9 Å². The van der Waals surface area contributed by atoms with Crippen LogP contribution in [-0.2, 0) is 6.42 Å². The van der Waals surface area contributed by atoms with Crippen LogP contribution < -0.4 is 5.56 Å². The normalized spacial score (nSPS) is 9.83. The number of allylic oxidation sites excluding steroid dienone is 1. The monoisotopic (exact) mass is 292 g/mol. The van der Waals surface area contributed by atoms with E-state index in [1.807, 2.05) is 0 Å². The van der Waals surface area contributed by atoms with Gasteiger partial charge in [0.2, 0.25) is 0 Å². The molecule has 0 saturated carbocycles. The van der Waals surface area contributed by atoms with Crippen molar-refractivity contribution in [2.75, 3.05) is 0 Å². The molecule has 1 aromatic rings. The summed E-state index contributed by atoms with van der Waals surface area (Å²) in [6.45, 7) is 3.58. The van der Waals surface area contributed by atoms with E-state index < -0.39 is 0 Å². The predicted molar refractivity (Wildman–Crippen MR) is 54.2 cm³/mol. The van der Waals surface area contributed by atoms with Crippen LogP contribution in [0.3, 0.4) is 0 Å². The van der Waals surface area contributed by atoms with E-state index in [1.54, 1.807) is 6.08 Å². The average Bonchev–Trinajstić information content (AvgIpc) is 2.07. The first-order chi connectivity index (χ1) is 5.66. The Morgan fingerprint density at radius 2 is 2.17 bits per heavy atom. The number of hydrogen-bond donors (Lipinski definition) is 1. The predicted octanol–water partition coefficient (Wildman–Crippen LogP) is 2.02. The number of rotatable bonds is 2. The maximum Gasteiger partial charge on any atom is 0.279 e. The summed E-state index contributed by atoms with van der Waals surface area (Å²) < 4.78 is 1.15. The highest BCUT2D eigenvalue weighted by Crippen LogP contribution is 2.21. The van der Waals surface area contributed by atoms with Gasteiger partial charge in [0.15, 0.2) is 0 Å². The molecule has 0 aromatic carbocycles. The van der Waals surface area contributed by atoms with Crippen LogP contribution in [0.4, 0.5) is 0 Å². The Morgan fingerprint density at radius 3 is 2.75 bits per heavy atom. The molecule has 0 saturated heterocycles. The van der Waals surface area contributed by atoms with Crippen LogP contribution in [0.5, 0.6) is 0 Å². The summed E-state index contributed by atoms with van der Waals surface area (Å²) in [5, 5.41) is 6.21. The van der Waals surface area contributed by atoms with Crippen LogP contribution in [0.15, 0.2) is 26.4 Å². The van der Waals surface area contributed by atoms with Crippen molar-refractivity contribution in [1.29, 1.82) is 0 Å². The zero-order valence-corrected chi connectivity index (χ0v) is 9.27. The Balaban J connectivity index is 3.26. The Bertz CT molecular complexity index is 359. The first-order valence-corrected chi connectivity index (χ1v) is 4.79. The molecule has 0 fully saturated rings. The van der Waals surface area contributed by atoms with Crippen molar-refractivity contribution in [3.05, 3.63) is 37.6 Å². The number of nitrogens with zero attached hydrogens (tertiary/aromatic N) is 1. The molecular weight excluding hydrogens is 288 g/mol. The molecule has 0 aliphatic heterocycles. The lowest BCUT2D eigenvalue weighted by Gasteiger charge is -1.99. The second-order valence-corrected chi connectivity index (χ2v) is 3.71. The molecular formula is C7H6Br2N2O. The SMILES string of the molecule is C=CCc1n[nH]c(=O)c(Br)c1Br. The second kappa shape index (κ2) is 4.00. The average molecular weight is 294 g/mol. The molecule has 3 nitrogen and oxygen atoms in total. The van der Waals surface area contributed by atoms with Gasteiger partial charge in [0.05, 0.1) is 10.2 Å². The van der Waals surface area contributed by atoms with E-state index in [1.165, 1.54) is 0 Å². The molecule has 12 heavy (non-hydrogen) atoms. The zero-order chi connectivity index (χ0) is 9.14. The minimum Gasteiger partial charge on any atom is -0.267 e. The first kappa shape index (κ1) is 9.67. The molecule has 0 amide bonds. The maximum absolute atomic E-state index is 11.0. The van der Waals surface area contributed by atoms with E-state index in [-0.39, 0.29) is 5.56 Å². The molecule has 0 aliphatic rings. The first-order valence-electron chi connectivity index (χ1n) is 3.20. The van der Waals surface area contributed by atoms with E-state index in [0.29, 0.717) is 15.4 Å². The van der Waals surface area contributed by atoms with E-state index in [4.69, 9.17) is 0 Å². The van der Waals surface area contributed by atoms with Crippen molar-refractivity contribution >= 4 is 31.9 Å². The number of H-pyrrole nitrogens is 1. The van der Waals surface area contributed by atoms with Gasteiger partial charge in [0.1, 0.15) is 4.47 Å². The molecule has 0 unspecified atom stereocenters. The lowest BCUT2D eigenvalue weighted by atomic mass is 10.3. The second-order valence-electron chi connectivity index (χ2n) is 2.12. The van der Waals surface area contributed by atoms with Crippen LogP contribution in [-0.4, -0.2) is 10.2 Å². The van der Waals surface area contributed by atoms with Gasteiger partial charge in [-0.2, -0.15) is 5.10 Å². The molecule has 0 aliphatic carbocycles. The Hall–Kier alpha value is -0.420. The van der Waals surface area contributed by atoms with Gasteiger partial charge in [-0.05, 0) is 31.9 Å². The van der Waals surface area contributed by atoms with Crippen molar-refractivity contribution in [3.63, 3.8) is 0 Å². The highest BCUT2D eigenvalue weighted by molar-refractivity contribution is 9.13. The van der Waals surface area contributed by atoms with Gasteiger partial charge in [0, 0.05) is 6.42 Å². The molecule has 0 spiro atoms. The third-order valence-corrected chi connectivity index (χ3v) is 3.42. The van der Waals surface area contributed by atoms with Gasteiger partial charge in [-0.25, -0.2) is 5.10 Å². The van der Waals surface area contributed by atoms with Gasteiger partial charge >= 0.3 is 0 Å². The summed E-state index contributed by atoms with van der Waals surface area (Å²) in [4.78, 5) is 11.0. The van der Waals surface area contributed by atoms with Crippen LogP contribution in [0, 0.1) is 0 Å². The van der Waals surface area contributed by atoms with E-state index in [2.05, 4.69) is 48.6 Å². The van der Waals surface area contributed by atoms with Crippen LogP contribution in [0.2, 0.25) is 0 Å². The number of hydrogen-bond acceptors (Lipinski definition) is 2. The summed E-state index contributed by atoms with van der Waals surface area (Å²) in [7, 11) is 0. The van der Waals surface area contributed by atoms with E-state index >= 15 is 0 Å². The number of nitrogens with one attached hydrogen (secondary N) is 1. The maximum atomic E-state index is 11.0. The summed E-state index contributed by atoms with van der Waals surface area (Å²) in [6, 6.07) is 0. The Morgan fingerprint density at radius 1 is 1.50 bits per heavy atom. The highest BCUT2D eigenvalue weighted by Gasteiger charge is 2.07. The molecule has 0 atom stereocenters. The van der Waals surface area contributed by atoms with Gasteiger partial charge in [-0.1, -0.05) is 6.08 Å². The summed E-state index contributed by atoms with van der Waals surface area (Å²) in [6.07, 6.45) is 2.34. The smallest absolute Gasteiger partial charge is 0.267 e. The van der Waals surface area contributed by atoms with Crippen molar-refractivity contribution in [1.82, 2.24) is 10.2 Å². The standard InChI is InChI=1S/C7H6Br2N2O/c1-2-3-4-5(8)6(9)7(12)11-10-4/h2H,1,3H2,(H,11,12). The summed E-state index contributed by atoms with van der Waals surface area (Å²) >= 11 is 6.39. The molecule has 1 N–H and O–H groups in total. The van der Waals surface area contributed by atoms with Gasteiger partial charge in [-0.15, -0.1) is 6.58 Å². The topological polar surface area (TPSA) is 45.8 Å². The van der Waals surface area contributed by atoms with E-state index in [0.717, 1.165) is 5.69 Å². The lowest BCUT2D eigenvalue weighted by Crippen LogP contribution is -2.11. The number of halogens is 2. The fraction of sp³-hybridized carbons (Fsp3) is 0.143. The third kappa shape index (κ3) is 1.84. The quantitative estimate of drug-likeness (QED) is 0.848. The van der Waals surface area contributed by atoms with E-state index in [9.17, 15) is 4.79 Å². The van der Waals surface area contributed by atoms with Crippen molar-refractivity contribution in [2.45, 2.75) is 6.42 Å². The van der Waals surface area contributed by atoms with Crippen LogP contribution in [0.1, 0.15) is 5.69 Å². The van der Waals surface area contributed by atoms with Gasteiger partial charge in [0.25, 0.3) is 5.56 Å². The molecule has 1 heterocycles. The fourth-order valence-corrected chi connectivity index (χ4v) is 1.46. The fourth-order valence-electron chi connectivity index (χ4n) is 0.715. The lowest BCUT2D eigenvalue weighted by molar-refractivity contribution is 0.901. The molecule has 0 radical (unpaired) electrons. The minimum absolute atomic E-state index is 0.241. The third-order valence-electron chi connectivity index (χ3n) is 1.28. The van der Waals surface area contributed by atoms with Crippen molar-refractivity contribution in [3.8, 4) is 0 Å². The minimum atomic E-state index is -0.241. The Labute approximate surface area is 86.1 Å². The summed E-state index contributed by atoms with van der Waals surface area (Å²) in [5.74, 6) is 0.